The number of nitrogens with two attached hydrogens (primary N) is 1. The Labute approximate surface area is 94.2 Å². The minimum Gasteiger partial charge on any atom is -0.325 e. The second kappa shape index (κ2) is 3.73. The fourth-order valence-corrected chi connectivity index (χ4v) is 2.02. The van der Waals surface area contributed by atoms with E-state index in [0.29, 0.717) is 5.02 Å². The highest BCUT2D eigenvalue weighted by atomic mass is 35.5. The number of hydrogen-bond acceptors (Lipinski definition) is 1. The van der Waals surface area contributed by atoms with E-state index >= 15 is 0 Å². The van der Waals surface area contributed by atoms with Crippen molar-refractivity contribution in [3.63, 3.8) is 0 Å². The molecule has 1 nitrogen and oxygen atoms in total. The quantitative estimate of drug-likeness (QED) is 0.845. The minimum absolute atomic E-state index is 0.100. The molecule has 0 bridgehead atoms. The first-order valence-corrected chi connectivity index (χ1v) is 5.57. The molecule has 0 aliphatic heterocycles. The van der Waals surface area contributed by atoms with Crippen LogP contribution in [0.1, 0.15) is 24.8 Å². The van der Waals surface area contributed by atoms with E-state index in [4.69, 9.17) is 28.9 Å². The molecule has 0 radical (unpaired) electrons. The molecular weight excluding hydrogens is 217 g/mol. The van der Waals surface area contributed by atoms with E-state index in [1.54, 1.807) is 6.07 Å². The third-order valence-electron chi connectivity index (χ3n) is 2.80. The van der Waals surface area contributed by atoms with Crippen LogP contribution in [0.3, 0.4) is 0 Å². The lowest BCUT2D eigenvalue weighted by atomic mass is 10.0. The SMILES string of the molecule is NC1(CCc2ccc(Cl)cc2Cl)CC1. The number of halogens is 2. The van der Waals surface area contributed by atoms with Crippen molar-refractivity contribution in [2.24, 2.45) is 5.73 Å². The first kappa shape index (κ1) is 10.3. The molecule has 0 amide bonds. The molecule has 0 spiro atoms. The normalized spacial score (nSPS) is 18.2. The summed E-state index contributed by atoms with van der Waals surface area (Å²) in [4.78, 5) is 0. The second-order valence-electron chi connectivity index (χ2n) is 4.10. The van der Waals surface area contributed by atoms with Crippen LogP contribution >= 0.6 is 23.2 Å². The van der Waals surface area contributed by atoms with Gasteiger partial charge in [0.05, 0.1) is 0 Å². The van der Waals surface area contributed by atoms with E-state index in [2.05, 4.69) is 0 Å². The zero-order chi connectivity index (χ0) is 10.2. The summed E-state index contributed by atoms with van der Waals surface area (Å²) in [5.41, 5.74) is 7.25. The fourth-order valence-electron chi connectivity index (χ4n) is 1.52. The predicted molar refractivity (Wildman–Crippen MR) is 60.9 cm³/mol. The van der Waals surface area contributed by atoms with Crippen LogP contribution < -0.4 is 5.73 Å². The van der Waals surface area contributed by atoms with Crippen LogP contribution in [-0.4, -0.2) is 5.54 Å². The van der Waals surface area contributed by atoms with Gasteiger partial charge in [0.1, 0.15) is 0 Å². The lowest BCUT2D eigenvalue weighted by Gasteiger charge is -2.09. The molecule has 1 fully saturated rings. The topological polar surface area (TPSA) is 26.0 Å². The average Bonchev–Trinajstić information content (AvgIpc) is 2.83. The average molecular weight is 230 g/mol. The Balaban J connectivity index is 2.02. The molecule has 2 N–H and O–H groups in total. The van der Waals surface area contributed by atoms with Crippen LogP contribution in [0.4, 0.5) is 0 Å². The first-order chi connectivity index (χ1) is 6.59. The minimum atomic E-state index is 0.100. The van der Waals surface area contributed by atoms with Crippen LogP contribution in [0.15, 0.2) is 18.2 Å². The molecule has 0 saturated heterocycles. The maximum atomic E-state index is 6.05. The zero-order valence-corrected chi connectivity index (χ0v) is 9.41. The highest BCUT2D eigenvalue weighted by Gasteiger charge is 2.37. The second-order valence-corrected chi connectivity index (χ2v) is 4.94. The van der Waals surface area contributed by atoms with Gasteiger partial charge in [-0.25, -0.2) is 0 Å². The fraction of sp³-hybridized carbons (Fsp3) is 0.455. The third kappa shape index (κ3) is 2.41. The third-order valence-corrected chi connectivity index (χ3v) is 3.39. The molecule has 0 heterocycles. The van der Waals surface area contributed by atoms with Crippen LogP contribution in [-0.2, 0) is 6.42 Å². The van der Waals surface area contributed by atoms with Gasteiger partial charge in [0.25, 0.3) is 0 Å². The molecular formula is C11H13Cl2N. The number of benzene rings is 1. The van der Waals surface area contributed by atoms with E-state index in [1.807, 2.05) is 12.1 Å². The van der Waals surface area contributed by atoms with Crippen molar-refractivity contribution in [2.75, 3.05) is 0 Å². The maximum Gasteiger partial charge on any atom is 0.0452 e. The molecule has 76 valence electrons. The summed E-state index contributed by atoms with van der Waals surface area (Å²) in [6.45, 7) is 0. The number of rotatable bonds is 3. The Morgan fingerprint density at radius 2 is 2.00 bits per heavy atom. The Morgan fingerprint density at radius 3 is 2.57 bits per heavy atom. The maximum absolute atomic E-state index is 6.05. The Kier molecular flexibility index (Phi) is 2.74. The van der Waals surface area contributed by atoms with Crippen LogP contribution in [0.25, 0.3) is 0 Å². The Bertz CT molecular complexity index is 345. The van der Waals surface area contributed by atoms with Crippen molar-refractivity contribution in [2.45, 2.75) is 31.2 Å². The number of hydrogen-bond donors (Lipinski definition) is 1. The van der Waals surface area contributed by atoms with Crippen molar-refractivity contribution < 1.29 is 0 Å². The van der Waals surface area contributed by atoms with E-state index in [0.717, 1.165) is 36.3 Å². The number of aryl methyl sites for hydroxylation is 1. The summed E-state index contributed by atoms with van der Waals surface area (Å²) in [5.74, 6) is 0. The van der Waals surface area contributed by atoms with Crippen molar-refractivity contribution >= 4 is 23.2 Å². The van der Waals surface area contributed by atoms with Gasteiger partial charge in [-0.3, -0.25) is 0 Å². The van der Waals surface area contributed by atoms with Gasteiger partial charge in [0.15, 0.2) is 0 Å². The van der Waals surface area contributed by atoms with Crippen LogP contribution in [0, 0.1) is 0 Å². The van der Waals surface area contributed by atoms with Gasteiger partial charge in [-0.05, 0) is 43.4 Å². The molecule has 1 aliphatic carbocycles. The van der Waals surface area contributed by atoms with Gasteiger partial charge >= 0.3 is 0 Å². The molecule has 3 heteroatoms. The summed E-state index contributed by atoms with van der Waals surface area (Å²) < 4.78 is 0. The molecule has 1 aliphatic rings. The predicted octanol–water partition coefficient (Wildman–Crippen LogP) is 3.42. The van der Waals surface area contributed by atoms with E-state index in [9.17, 15) is 0 Å². The Morgan fingerprint density at radius 1 is 1.29 bits per heavy atom. The van der Waals surface area contributed by atoms with Crippen molar-refractivity contribution in [3.8, 4) is 0 Å². The van der Waals surface area contributed by atoms with Gasteiger partial charge in [-0.15, -0.1) is 0 Å². The summed E-state index contributed by atoms with van der Waals surface area (Å²) in [6.07, 6.45) is 4.28. The molecule has 1 aromatic carbocycles. The summed E-state index contributed by atoms with van der Waals surface area (Å²) in [5, 5.41) is 1.44. The van der Waals surface area contributed by atoms with E-state index in [1.165, 1.54) is 0 Å². The van der Waals surface area contributed by atoms with Gasteiger partial charge in [-0.1, -0.05) is 29.3 Å². The Hall–Kier alpha value is -0.240. The molecule has 0 aromatic heterocycles. The molecule has 0 unspecified atom stereocenters. The molecule has 0 atom stereocenters. The summed E-state index contributed by atoms with van der Waals surface area (Å²) in [7, 11) is 0. The lowest BCUT2D eigenvalue weighted by molar-refractivity contribution is 0.609. The molecule has 14 heavy (non-hydrogen) atoms. The first-order valence-electron chi connectivity index (χ1n) is 4.82. The largest absolute Gasteiger partial charge is 0.325 e. The van der Waals surface area contributed by atoms with E-state index < -0.39 is 0 Å². The van der Waals surface area contributed by atoms with Crippen molar-refractivity contribution in [1.29, 1.82) is 0 Å². The molecule has 1 aromatic rings. The summed E-state index contributed by atoms with van der Waals surface area (Å²) in [6, 6.07) is 5.64. The van der Waals surface area contributed by atoms with Gasteiger partial charge in [0.2, 0.25) is 0 Å². The van der Waals surface area contributed by atoms with Crippen molar-refractivity contribution in [1.82, 2.24) is 0 Å². The van der Waals surface area contributed by atoms with Crippen LogP contribution in [0.5, 0.6) is 0 Å². The van der Waals surface area contributed by atoms with Crippen molar-refractivity contribution in [3.05, 3.63) is 33.8 Å². The highest BCUT2D eigenvalue weighted by Crippen LogP contribution is 2.37. The van der Waals surface area contributed by atoms with E-state index in [-0.39, 0.29) is 5.54 Å². The highest BCUT2D eigenvalue weighted by molar-refractivity contribution is 6.35. The molecule has 2 rings (SSSR count). The zero-order valence-electron chi connectivity index (χ0n) is 7.89. The smallest absolute Gasteiger partial charge is 0.0452 e. The van der Waals surface area contributed by atoms with Gasteiger partial charge in [-0.2, -0.15) is 0 Å². The molecule has 1 saturated carbocycles. The summed E-state index contributed by atoms with van der Waals surface area (Å²) >= 11 is 11.9. The van der Waals surface area contributed by atoms with Gasteiger partial charge < -0.3 is 5.73 Å². The van der Waals surface area contributed by atoms with Crippen LogP contribution in [0.2, 0.25) is 10.0 Å². The standard InChI is InChI=1S/C11H13Cl2N/c12-9-2-1-8(10(13)7-9)3-4-11(14)5-6-11/h1-2,7H,3-6,14H2. The van der Waals surface area contributed by atoms with Gasteiger partial charge in [0, 0.05) is 15.6 Å². The monoisotopic (exact) mass is 229 g/mol. The lowest BCUT2D eigenvalue weighted by Crippen LogP contribution is -2.22.